The molecule has 1 unspecified atom stereocenters. The van der Waals surface area contributed by atoms with Crippen molar-refractivity contribution < 1.29 is 22.3 Å². The maximum absolute atomic E-state index is 14.0. The number of fused-ring (bicyclic) bond motifs is 2. The first-order chi connectivity index (χ1) is 17.4. The molecular formula is C25H28FN5O4S. The van der Waals surface area contributed by atoms with Crippen LogP contribution in [0.25, 0.3) is 5.69 Å². The van der Waals surface area contributed by atoms with Crippen molar-refractivity contribution in [3.8, 4) is 5.69 Å². The van der Waals surface area contributed by atoms with Crippen molar-refractivity contribution in [2.45, 2.75) is 42.8 Å². The fourth-order valence-electron chi connectivity index (χ4n) is 5.35. The molecule has 36 heavy (non-hydrogen) atoms. The van der Waals surface area contributed by atoms with Gasteiger partial charge in [0.1, 0.15) is 11.9 Å². The average Bonchev–Trinajstić information content (AvgIpc) is 3.33. The molecule has 5 rings (SSSR count). The Morgan fingerprint density at radius 3 is 2.67 bits per heavy atom. The summed E-state index contributed by atoms with van der Waals surface area (Å²) in [5.41, 5.74) is 1.52. The lowest BCUT2D eigenvalue weighted by atomic mass is 9.91. The predicted molar refractivity (Wildman–Crippen MR) is 129 cm³/mol. The minimum atomic E-state index is -4.13. The van der Waals surface area contributed by atoms with Crippen molar-refractivity contribution >= 4 is 15.9 Å². The topological polar surface area (TPSA) is 97.6 Å². The Morgan fingerprint density at radius 2 is 1.92 bits per heavy atom. The van der Waals surface area contributed by atoms with Gasteiger partial charge in [0.15, 0.2) is 0 Å². The Balaban J connectivity index is 1.52. The van der Waals surface area contributed by atoms with E-state index in [1.165, 1.54) is 22.5 Å². The van der Waals surface area contributed by atoms with E-state index in [4.69, 9.17) is 4.74 Å². The molecule has 0 radical (unpaired) electrons. The Morgan fingerprint density at radius 1 is 1.11 bits per heavy atom. The normalized spacial score (nSPS) is 23.0. The molecule has 3 aromatic rings. The predicted octanol–water partition coefficient (Wildman–Crippen LogP) is 2.62. The fourth-order valence-corrected chi connectivity index (χ4v) is 7.27. The second-order valence-corrected chi connectivity index (χ2v) is 11.1. The van der Waals surface area contributed by atoms with Gasteiger partial charge in [0.05, 0.1) is 35.6 Å². The minimum absolute atomic E-state index is 0.150. The largest absolute Gasteiger partial charge is 0.384 e. The number of hydrogen-bond donors (Lipinski definition) is 0. The number of nitrogens with zero attached hydrogens (tertiary/aromatic N) is 5. The first-order valence-electron chi connectivity index (χ1n) is 11.9. The zero-order valence-corrected chi connectivity index (χ0v) is 20.7. The van der Waals surface area contributed by atoms with E-state index in [-0.39, 0.29) is 29.9 Å². The lowest BCUT2D eigenvalue weighted by Gasteiger charge is -2.40. The van der Waals surface area contributed by atoms with Crippen LogP contribution in [0.1, 0.15) is 25.0 Å². The highest BCUT2D eigenvalue weighted by atomic mass is 32.2. The van der Waals surface area contributed by atoms with Crippen molar-refractivity contribution in [2.24, 2.45) is 5.92 Å². The van der Waals surface area contributed by atoms with Crippen LogP contribution in [0.3, 0.4) is 0 Å². The van der Waals surface area contributed by atoms with Crippen LogP contribution < -0.4 is 0 Å². The maximum atomic E-state index is 14.0. The molecule has 2 bridgehead atoms. The molecule has 190 valence electrons. The number of benzene rings is 2. The molecule has 0 aliphatic carbocycles. The molecule has 3 atom stereocenters. The molecule has 3 heterocycles. The first kappa shape index (κ1) is 24.5. The van der Waals surface area contributed by atoms with Gasteiger partial charge in [-0.15, -0.1) is 5.10 Å². The number of halogens is 1. The quantitative estimate of drug-likeness (QED) is 0.482. The number of carbonyl (C=O) groups excluding carboxylic acids is 1. The summed E-state index contributed by atoms with van der Waals surface area (Å²) in [5.74, 6) is -1.17. The molecule has 2 aliphatic rings. The van der Waals surface area contributed by atoms with Crippen LogP contribution in [-0.2, 0) is 26.1 Å². The van der Waals surface area contributed by atoms with Gasteiger partial charge in [0.2, 0.25) is 15.9 Å². The minimum Gasteiger partial charge on any atom is -0.384 e. The second kappa shape index (κ2) is 10.1. The van der Waals surface area contributed by atoms with Crippen molar-refractivity contribution in [2.75, 3.05) is 20.3 Å². The fraction of sp³-hybridized carbons (Fsp3) is 0.400. The van der Waals surface area contributed by atoms with Crippen LogP contribution in [0.15, 0.2) is 65.7 Å². The highest BCUT2D eigenvalue weighted by Gasteiger charge is 2.50. The van der Waals surface area contributed by atoms with Crippen molar-refractivity contribution in [1.29, 1.82) is 0 Å². The maximum Gasteiger partial charge on any atom is 0.244 e. The van der Waals surface area contributed by atoms with Gasteiger partial charge in [-0.2, -0.15) is 4.31 Å². The van der Waals surface area contributed by atoms with Crippen molar-refractivity contribution in [1.82, 2.24) is 24.2 Å². The summed E-state index contributed by atoms with van der Waals surface area (Å²) in [4.78, 5) is 15.4. The summed E-state index contributed by atoms with van der Waals surface area (Å²) >= 11 is 0. The Labute approximate surface area is 209 Å². The number of hydrogen-bond acceptors (Lipinski definition) is 6. The molecule has 0 saturated carbocycles. The molecule has 9 nitrogen and oxygen atoms in total. The third-order valence-corrected chi connectivity index (χ3v) is 8.86. The molecule has 2 aromatic carbocycles. The van der Waals surface area contributed by atoms with Crippen LogP contribution in [0.4, 0.5) is 4.39 Å². The van der Waals surface area contributed by atoms with Gasteiger partial charge < -0.3 is 9.64 Å². The van der Waals surface area contributed by atoms with Crippen molar-refractivity contribution in [3.63, 3.8) is 0 Å². The first-order valence-corrected chi connectivity index (χ1v) is 13.4. The zero-order chi connectivity index (χ0) is 25.3. The third kappa shape index (κ3) is 4.54. The van der Waals surface area contributed by atoms with Crippen molar-refractivity contribution in [3.05, 3.63) is 72.3 Å². The Hall–Kier alpha value is -3.15. The van der Waals surface area contributed by atoms with Crippen LogP contribution in [0.2, 0.25) is 0 Å². The summed E-state index contributed by atoms with van der Waals surface area (Å²) in [6.07, 6.45) is 3.33. The molecule has 11 heteroatoms. The molecule has 1 amide bonds. The lowest BCUT2D eigenvalue weighted by Crippen LogP contribution is -2.55. The van der Waals surface area contributed by atoms with E-state index >= 15 is 0 Å². The number of aromatic nitrogens is 3. The van der Waals surface area contributed by atoms with E-state index in [9.17, 15) is 17.6 Å². The summed E-state index contributed by atoms with van der Waals surface area (Å²) in [6.45, 7) is 0.827. The standard InChI is InChI=1S/C25H28FN5O4S/c1-35-17-18-15-29(16-21-14-27-28-30(21)20-8-3-2-4-9-20)25(32)24-12-6-11-23(18)31(24)36(33,34)22-10-5-7-19(26)13-22/h2-5,7-10,13-14,18,23-24H,6,11-12,15-17H2,1H3/t18-,23+,24?/m1/s1. The monoisotopic (exact) mass is 513 g/mol. The number of rotatable bonds is 7. The van der Waals surface area contributed by atoms with Gasteiger partial charge in [-0.25, -0.2) is 17.5 Å². The smallest absolute Gasteiger partial charge is 0.244 e. The molecule has 2 aliphatic heterocycles. The molecular weight excluding hydrogens is 485 g/mol. The van der Waals surface area contributed by atoms with Crippen LogP contribution in [0.5, 0.6) is 0 Å². The van der Waals surface area contributed by atoms with Gasteiger partial charge in [-0.05, 0) is 49.6 Å². The number of carbonyl (C=O) groups is 1. The Bertz CT molecular complexity index is 1330. The summed E-state index contributed by atoms with van der Waals surface area (Å²) < 4.78 is 50.0. The number of amides is 1. The zero-order valence-electron chi connectivity index (χ0n) is 19.9. The van der Waals surface area contributed by atoms with Crippen LogP contribution in [-0.4, -0.2) is 70.9 Å². The molecule has 0 N–H and O–H groups in total. The number of piperidine rings is 1. The number of ether oxygens (including phenoxy) is 1. The number of sulfonamides is 1. The number of methoxy groups -OCH3 is 1. The van der Waals surface area contributed by atoms with Crippen LogP contribution in [0, 0.1) is 11.7 Å². The van der Waals surface area contributed by atoms with E-state index in [1.54, 1.807) is 22.9 Å². The van der Waals surface area contributed by atoms with Gasteiger partial charge >= 0.3 is 0 Å². The summed E-state index contributed by atoms with van der Waals surface area (Å²) in [6, 6.07) is 13.1. The average molecular weight is 514 g/mol. The van der Waals surface area contributed by atoms with Gasteiger partial charge in [0, 0.05) is 25.6 Å². The van der Waals surface area contributed by atoms with Gasteiger partial charge in [-0.1, -0.05) is 29.5 Å². The van der Waals surface area contributed by atoms with E-state index in [2.05, 4.69) is 10.3 Å². The van der Waals surface area contributed by atoms with Gasteiger partial charge in [0.25, 0.3) is 0 Å². The van der Waals surface area contributed by atoms with E-state index < -0.39 is 27.9 Å². The Kier molecular flexibility index (Phi) is 6.87. The summed E-state index contributed by atoms with van der Waals surface area (Å²) in [7, 11) is -2.56. The highest BCUT2D eigenvalue weighted by Crippen LogP contribution is 2.37. The van der Waals surface area contributed by atoms with Gasteiger partial charge in [-0.3, -0.25) is 4.79 Å². The van der Waals surface area contributed by atoms with E-state index in [0.717, 1.165) is 11.8 Å². The molecule has 0 spiro atoms. The molecule has 2 fully saturated rings. The second-order valence-electron chi connectivity index (χ2n) is 9.21. The lowest BCUT2D eigenvalue weighted by molar-refractivity contribution is -0.135. The molecule has 1 aromatic heterocycles. The highest BCUT2D eigenvalue weighted by molar-refractivity contribution is 7.89. The third-order valence-electron chi connectivity index (χ3n) is 6.93. The van der Waals surface area contributed by atoms with Crippen LogP contribution >= 0.6 is 0 Å². The number of para-hydroxylation sites is 1. The van der Waals surface area contributed by atoms with E-state index in [1.807, 2.05) is 30.3 Å². The molecule has 2 saturated heterocycles. The van der Waals surface area contributed by atoms with E-state index in [0.29, 0.717) is 31.5 Å². The summed E-state index contributed by atoms with van der Waals surface area (Å²) in [5, 5.41) is 8.23. The SMILES string of the molecule is COC[C@H]1CN(Cc2cnnn2-c2ccccc2)C(=O)C2CCC[C@@H]1N2S(=O)(=O)c1cccc(F)c1.